The van der Waals surface area contributed by atoms with Crippen molar-refractivity contribution in [1.29, 1.82) is 0 Å². The minimum absolute atomic E-state index is 0.263. The maximum absolute atomic E-state index is 15.9. The highest BCUT2D eigenvalue weighted by Gasteiger charge is 2.63. The smallest absolute Gasteiger partial charge is 0.308 e. The highest BCUT2D eigenvalue weighted by atomic mass is 19.1. The summed E-state index contributed by atoms with van der Waals surface area (Å²) in [5.74, 6) is -0.147. The van der Waals surface area contributed by atoms with E-state index in [1.54, 1.807) is 13.8 Å². The van der Waals surface area contributed by atoms with Gasteiger partial charge in [0.25, 0.3) is 0 Å². The quantitative estimate of drug-likeness (QED) is 0.691. The number of rotatable bonds is 5. The summed E-state index contributed by atoms with van der Waals surface area (Å²) >= 11 is 0. The van der Waals surface area contributed by atoms with E-state index in [4.69, 9.17) is 14.2 Å². The van der Waals surface area contributed by atoms with E-state index in [0.29, 0.717) is 43.3 Å². The largest absolute Gasteiger partial charge is 0.463 e. The highest BCUT2D eigenvalue weighted by Crippen LogP contribution is 2.49. The van der Waals surface area contributed by atoms with E-state index >= 15 is 4.39 Å². The Morgan fingerprint density at radius 3 is 2.71 bits per heavy atom. The maximum atomic E-state index is 15.9. The number of ether oxygens (including phenoxy) is 3. The summed E-state index contributed by atoms with van der Waals surface area (Å²) < 4.78 is 33.8. The summed E-state index contributed by atoms with van der Waals surface area (Å²) in [4.78, 5) is 27.0. The number of aliphatic hydroxyl groups is 1. The third kappa shape index (κ3) is 3.64. The van der Waals surface area contributed by atoms with Crippen LogP contribution in [0.15, 0.2) is 12.7 Å². The molecule has 2 aromatic heterocycles. The van der Waals surface area contributed by atoms with E-state index in [1.807, 2.05) is 4.90 Å². The molecule has 11 heteroatoms. The standard InChI is InChI=1S/C20H28FN5O5/c1-12(2)17(27)30-9-13-20(4,28)19(3,21)18(31-13)26-11-24-14-15(22-10-23-16(14)26)25-5-7-29-8-6-25/h10-13,18,28H,5-9H2,1-4H3/t13-,18-,19+,20-/m1/s1. The van der Waals surface area contributed by atoms with Crippen LogP contribution in [0.3, 0.4) is 0 Å². The van der Waals surface area contributed by atoms with Gasteiger partial charge in [0.15, 0.2) is 28.9 Å². The first-order valence-corrected chi connectivity index (χ1v) is 10.4. The van der Waals surface area contributed by atoms with Gasteiger partial charge in [-0.15, -0.1) is 0 Å². The molecule has 2 aliphatic rings. The Kier molecular flexibility index (Phi) is 5.61. The van der Waals surface area contributed by atoms with Crippen molar-refractivity contribution >= 4 is 23.0 Å². The molecule has 0 aliphatic carbocycles. The molecule has 2 fully saturated rings. The van der Waals surface area contributed by atoms with Crippen LogP contribution < -0.4 is 4.90 Å². The van der Waals surface area contributed by atoms with Gasteiger partial charge >= 0.3 is 5.97 Å². The van der Waals surface area contributed by atoms with Gasteiger partial charge in [-0.1, -0.05) is 13.8 Å². The number of esters is 1. The number of alkyl halides is 1. The van der Waals surface area contributed by atoms with Gasteiger partial charge in [0.1, 0.15) is 24.6 Å². The van der Waals surface area contributed by atoms with Gasteiger partial charge in [-0.05, 0) is 13.8 Å². The molecule has 2 aliphatic heterocycles. The summed E-state index contributed by atoms with van der Waals surface area (Å²) in [5.41, 5.74) is -3.22. The van der Waals surface area contributed by atoms with Crippen LogP contribution >= 0.6 is 0 Å². The van der Waals surface area contributed by atoms with Gasteiger partial charge in [0, 0.05) is 13.1 Å². The first-order valence-electron chi connectivity index (χ1n) is 10.4. The van der Waals surface area contributed by atoms with Crippen molar-refractivity contribution in [2.45, 2.75) is 51.3 Å². The lowest BCUT2D eigenvalue weighted by atomic mass is 9.84. The van der Waals surface area contributed by atoms with Crippen molar-refractivity contribution in [1.82, 2.24) is 19.5 Å². The number of anilines is 1. The zero-order valence-electron chi connectivity index (χ0n) is 18.1. The number of aromatic nitrogens is 4. The Morgan fingerprint density at radius 1 is 1.32 bits per heavy atom. The lowest BCUT2D eigenvalue weighted by Gasteiger charge is -2.33. The molecule has 4 atom stereocenters. The summed E-state index contributed by atoms with van der Waals surface area (Å²) in [6.45, 7) is 8.23. The Morgan fingerprint density at radius 2 is 2.03 bits per heavy atom. The van der Waals surface area contributed by atoms with Crippen LogP contribution in [0.1, 0.15) is 33.9 Å². The van der Waals surface area contributed by atoms with E-state index in [-0.39, 0.29) is 12.5 Å². The van der Waals surface area contributed by atoms with Crippen LogP contribution in [0.2, 0.25) is 0 Å². The van der Waals surface area contributed by atoms with Crippen molar-refractivity contribution < 1.29 is 28.5 Å². The monoisotopic (exact) mass is 437 g/mol. The fourth-order valence-electron chi connectivity index (χ4n) is 3.85. The Labute approximate surface area is 179 Å². The molecule has 10 nitrogen and oxygen atoms in total. The van der Waals surface area contributed by atoms with E-state index in [0.717, 1.165) is 0 Å². The molecule has 0 bridgehead atoms. The third-order valence-electron chi connectivity index (χ3n) is 6.12. The van der Waals surface area contributed by atoms with Crippen LogP contribution in [0.25, 0.3) is 11.2 Å². The van der Waals surface area contributed by atoms with Gasteiger partial charge in [-0.25, -0.2) is 19.3 Å². The highest BCUT2D eigenvalue weighted by molar-refractivity contribution is 5.83. The average Bonchev–Trinajstić information content (AvgIpc) is 3.24. The molecule has 0 aromatic carbocycles. The normalized spacial score (nSPS) is 31.5. The molecule has 0 amide bonds. The molecular formula is C20H28FN5O5. The predicted molar refractivity (Wildman–Crippen MR) is 108 cm³/mol. The van der Waals surface area contributed by atoms with Gasteiger partial charge < -0.3 is 24.2 Å². The molecule has 0 radical (unpaired) electrons. The molecule has 4 rings (SSSR count). The van der Waals surface area contributed by atoms with Gasteiger partial charge in [-0.2, -0.15) is 0 Å². The number of nitrogens with zero attached hydrogens (tertiary/aromatic N) is 5. The van der Waals surface area contributed by atoms with Crippen LogP contribution in [-0.2, 0) is 19.0 Å². The lowest BCUT2D eigenvalue weighted by Crippen LogP contribution is -2.52. The number of carbonyl (C=O) groups excluding carboxylic acids is 1. The van der Waals surface area contributed by atoms with Crippen molar-refractivity contribution in [2.24, 2.45) is 5.92 Å². The molecular weight excluding hydrogens is 409 g/mol. The lowest BCUT2D eigenvalue weighted by molar-refractivity contribution is -0.156. The van der Waals surface area contributed by atoms with Crippen molar-refractivity contribution in [3.05, 3.63) is 12.7 Å². The second kappa shape index (κ2) is 7.95. The van der Waals surface area contributed by atoms with E-state index in [1.165, 1.54) is 31.1 Å². The fraction of sp³-hybridized carbons (Fsp3) is 0.700. The minimum atomic E-state index is -2.21. The van der Waals surface area contributed by atoms with E-state index in [2.05, 4.69) is 15.0 Å². The molecule has 4 heterocycles. The number of hydrogen-bond acceptors (Lipinski definition) is 9. The molecule has 2 aromatic rings. The van der Waals surface area contributed by atoms with Gasteiger partial charge in [0.05, 0.1) is 25.5 Å². The Hall–Kier alpha value is -2.37. The first-order chi connectivity index (χ1) is 14.6. The van der Waals surface area contributed by atoms with Crippen molar-refractivity contribution in [2.75, 3.05) is 37.8 Å². The summed E-state index contributed by atoms with van der Waals surface area (Å²) in [6.07, 6.45) is 0.552. The van der Waals surface area contributed by atoms with Crippen LogP contribution in [0.5, 0.6) is 0 Å². The number of carbonyl (C=O) groups is 1. The Balaban J connectivity index is 1.65. The van der Waals surface area contributed by atoms with Crippen LogP contribution in [-0.4, -0.2) is 80.9 Å². The van der Waals surface area contributed by atoms with Crippen LogP contribution in [0, 0.1) is 5.92 Å². The van der Waals surface area contributed by atoms with Gasteiger partial charge in [0.2, 0.25) is 0 Å². The van der Waals surface area contributed by atoms with Gasteiger partial charge in [-0.3, -0.25) is 9.36 Å². The molecule has 0 unspecified atom stereocenters. The topological polar surface area (TPSA) is 112 Å². The molecule has 170 valence electrons. The molecule has 1 N–H and O–H groups in total. The second-order valence-corrected chi connectivity index (χ2v) is 8.61. The number of hydrogen-bond donors (Lipinski definition) is 1. The number of imidazole rings is 1. The molecule has 31 heavy (non-hydrogen) atoms. The third-order valence-corrected chi connectivity index (χ3v) is 6.12. The molecule has 2 saturated heterocycles. The molecule has 0 spiro atoms. The minimum Gasteiger partial charge on any atom is -0.463 e. The fourth-order valence-corrected chi connectivity index (χ4v) is 3.85. The van der Waals surface area contributed by atoms with Crippen molar-refractivity contribution in [3.8, 4) is 0 Å². The van der Waals surface area contributed by atoms with E-state index in [9.17, 15) is 9.90 Å². The Bertz CT molecular complexity index is 957. The second-order valence-electron chi connectivity index (χ2n) is 8.61. The summed E-state index contributed by atoms with van der Waals surface area (Å²) in [5, 5.41) is 11.0. The zero-order valence-corrected chi connectivity index (χ0v) is 18.1. The molecule has 0 saturated carbocycles. The van der Waals surface area contributed by atoms with E-state index < -0.39 is 29.6 Å². The first kappa shape index (κ1) is 21.8. The predicted octanol–water partition coefficient (Wildman–Crippen LogP) is 1.24. The van der Waals surface area contributed by atoms with Crippen LogP contribution in [0.4, 0.5) is 10.2 Å². The number of halogens is 1. The van der Waals surface area contributed by atoms with Crippen molar-refractivity contribution in [3.63, 3.8) is 0 Å². The SMILES string of the molecule is CC(C)C(=O)OC[C@H]1O[C@@H](n2cnc3c(N4CCOCC4)ncnc32)[C@](C)(F)[C@]1(C)O. The summed E-state index contributed by atoms with van der Waals surface area (Å²) in [6, 6.07) is 0. The number of morpholine rings is 1. The number of fused-ring (bicyclic) bond motifs is 1. The zero-order chi connectivity index (χ0) is 22.4. The maximum Gasteiger partial charge on any atom is 0.308 e. The average molecular weight is 437 g/mol. The summed E-state index contributed by atoms with van der Waals surface area (Å²) in [7, 11) is 0.